The number of benzene rings is 11. The summed E-state index contributed by atoms with van der Waals surface area (Å²) in [5.74, 6) is 0. The fraction of sp³-hybridized carbons (Fsp3) is 0. The van der Waals surface area contributed by atoms with E-state index in [1.165, 1.54) is 87.4 Å². The molecule has 0 radical (unpaired) electrons. The molecule has 0 saturated carbocycles. The molecule has 0 bridgehead atoms. The maximum Gasteiger partial charge on any atom is 0.143 e. The molecule has 0 aliphatic carbocycles. The highest BCUT2D eigenvalue weighted by Crippen LogP contribution is 2.46. The zero-order valence-corrected chi connectivity index (χ0v) is 29.9. The molecule has 1 heteroatoms. The van der Waals surface area contributed by atoms with Crippen LogP contribution < -0.4 is 0 Å². The van der Waals surface area contributed by atoms with Gasteiger partial charge in [-0.2, -0.15) is 0 Å². The van der Waals surface area contributed by atoms with Crippen molar-refractivity contribution < 1.29 is 4.42 Å². The quantitative estimate of drug-likeness (QED) is 0.167. The molecule has 11 aromatic carbocycles. The number of hydrogen-bond acceptors (Lipinski definition) is 1. The van der Waals surface area contributed by atoms with Gasteiger partial charge in [0.1, 0.15) is 11.2 Å². The second kappa shape index (κ2) is 11.6. The Morgan fingerprint density at radius 3 is 1.42 bits per heavy atom. The Hall–Kier alpha value is -7.22. The van der Waals surface area contributed by atoms with Crippen molar-refractivity contribution in [3.05, 3.63) is 194 Å². The maximum atomic E-state index is 7.00. The van der Waals surface area contributed by atoms with E-state index in [9.17, 15) is 0 Å². The van der Waals surface area contributed by atoms with Crippen molar-refractivity contribution in [1.29, 1.82) is 0 Å². The topological polar surface area (TPSA) is 13.1 Å². The van der Waals surface area contributed by atoms with E-state index in [4.69, 9.17) is 4.42 Å². The predicted octanol–water partition coefficient (Wildman–Crippen LogP) is 15.5. The van der Waals surface area contributed by atoms with Crippen LogP contribution in [0.3, 0.4) is 0 Å². The third kappa shape index (κ3) is 4.48. The summed E-state index contributed by atoms with van der Waals surface area (Å²) < 4.78 is 7.00. The van der Waals surface area contributed by atoms with Crippen LogP contribution in [-0.4, -0.2) is 0 Å². The van der Waals surface area contributed by atoms with Crippen LogP contribution in [0.4, 0.5) is 0 Å². The third-order valence-corrected chi connectivity index (χ3v) is 11.8. The summed E-state index contributed by atoms with van der Waals surface area (Å²) in [4.78, 5) is 0. The van der Waals surface area contributed by atoms with Gasteiger partial charge in [-0.15, -0.1) is 0 Å². The van der Waals surface area contributed by atoms with E-state index in [-0.39, 0.29) is 0 Å². The molecule has 0 aliphatic heterocycles. The van der Waals surface area contributed by atoms with Crippen molar-refractivity contribution in [2.24, 2.45) is 0 Å². The molecule has 254 valence electrons. The Kier molecular flexibility index (Phi) is 6.40. The molecule has 0 atom stereocenters. The summed E-state index contributed by atoms with van der Waals surface area (Å²) in [5.41, 5.74) is 11.4. The van der Waals surface area contributed by atoms with Crippen LogP contribution in [0.25, 0.3) is 120 Å². The van der Waals surface area contributed by atoms with Crippen molar-refractivity contribution in [2.75, 3.05) is 0 Å². The van der Waals surface area contributed by atoms with Crippen LogP contribution in [0.1, 0.15) is 0 Å². The highest BCUT2D eigenvalue weighted by Gasteiger charge is 2.20. The van der Waals surface area contributed by atoms with Gasteiger partial charge in [0.15, 0.2) is 0 Å². The molecule has 0 unspecified atom stereocenters. The van der Waals surface area contributed by atoms with Gasteiger partial charge in [-0.3, -0.25) is 0 Å². The van der Waals surface area contributed by atoms with Gasteiger partial charge in [0, 0.05) is 21.7 Å². The zero-order valence-electron chi connectivity index (χ0n) is 29.9. The minimum Gasteiger partial charge on any atom is -0.455 e. The summed E-state index contributed by atoms with van der Waals surface area (Å²) >= 11 is 0. The van der Waals surface area contributed by atoms with Crippen molar-refractivity contribution >= 4 is 75.8 Å². The average molecular weight is 697 g/mol. The van der Waals surface area contributed by atoms with Gasteiger partial charge in [0.25, 0.3) is 0 Å². The minimum absolute atomic E-state index is 0.922. The van der Waals surface area contributed by atoms with Gasteiger partial charge < -0.3 is 4.42 Å². The largest absolute Gasteiger partial charge is 0.455 e. The standard InChI is InChI=1S/C54H32O/c1-2-9-33(10-3-1)41-26-22-38-25-29-47-42(27-23-39-24-28-46(41)50(38)51(39)47)36-17-19-37(20-18-36)43-31-32-48(45-16-8-13-34-11-4-6-14-40(34)45)54-52(43)49-30-21-35-12-5-7-15-44(35)53(49)55-54/h1-32H. The zero-order chi connectivity index (χ0) is 36.0. The lowest BCUT2D eigenvalue weighted by molar-refractivity contribution is 0.674. The number of fused-ring (bicyclic) bond motifs is 6. The van der Waals surface area contributed by atoms with Gasteiger partial charge in [-0.1, -0.05) is 182 Å². The normalized spacial score (nSPS) is 12.0. The van der Waals surface area contributed by atoms with Crippen LogP contribution in [0, 0.1) is 0 Å². The van der Waals surface area contributed by atoms with Crippen molar-refractivity contribution in [1.82, 2.24) is 0 Å². The summed E-state index contributed by atoms with van der Waals surface area (Å²) in [6, 6.07) is 70.9. The Bertz CT molecular complexity index is 3450. The lowest BCUT2D eigenvalue weighted by atomic mass is 9.87. The van der Waals surface area contributed by atoms with Gasteiger partial charge in [0.2, 0.25) is 0 Å². The minimum atomic E-state index is 0.922. The van der Waals surface area contributed by atoms with Crippen molar-refractivity contribution in [2.45, 2.75) is 0 Å². The molecule has 1 aromatic heterocycles. The Morgan fingerprint density at radius 1 is 0.218 bits per heavy atom. The maximum absolute atomic E-state index is 7.00. The molecular formula is C54H32O. The lowest BCUT2D eigenvalue weighted by Gasteiger charge is -2.17. The first kappa shape index (κ1) is 30.3. The molecule has 1 nitrogen and oxygen atoms in total. The first-order chi connectivity index (χ1) is 27.3. The number of hydrogen-bond donors (Lipinski definition) is 0. The van der Waals surface area contributed by atoms with Crippen LogP contribution in [0.5, 0.6) is 0 Å². The van der Waals surface area contributed by atoms with Crippen LogP contribution >= 0.6 is 0 Å². The van der Waals surface area contributed by atoms with Crippen molar-refractivity contribution in [3.63, 3.8) is 0 Å². The monoisotopic (exact) mass is 696 g/mol. The highest BCUT2D eigenvalue weighted by molar-refractivity contribution is 6.28. The fourth-order valence-electron chi connectivity index (χ4n) is 9.27. The first-order valence-corrected chi connectivity index (χ1v) is 19.0. The Labute approximate surface area is 317 Å². The Morgan fingerprint density at radius 2 is 0.709 bits per heavy atom. The van der Waals surface area contributed by atoms with E-state index in [0.717, 1.165) is 32.9 Å². The molecule has 0 saturated heterocycles. The molecule has 12 aromatic rings. The highest BCUT2D eigenvalue weighted by atomic mass is 16.3. The fourth-order valence-corrected chi connectivity index (χ4v) is 9.27. The lowest BCUT2D eigenvalue weighted by Crippen LogP contribution is -1.89. The van der Waals surface area contributed by atoms with Crippen LogP contribution in [0.15, 0.2) is 199 Å². The van der Waals surface area contributed by atoms with E-state index in [2.05, 4.69) is 194 Å². The summed E-state index contributed by atoms with van der Waals surface area (Å²) in [7, 11) is 0. The summed E-state index contributed by atoms with van der Waals surface area (Å²) in [6.07, 6.45) is 0. The van der Waals surface area contributed by atoms with E-state index in [0.29, 0.717) is 0 Å². The number of rotatable bonds is 4. The second-order valence-corrected chi connectivity index (χ2v) is 14.7. The van der Waals surface area contributed by atoms with E-state index in [1.807, 2.05) is 0 Å². The summed E-state index contributed by atoms with van der Waals surface area (Å²) in [6.45, 7) is 0. The average Bonchev–Trinajstić information content (AvgIpc) is 3.66. The molecule has 0 N–H and O–H groups in total. The van der Waals surface area contributed by atoms with Crippen LogP contribution in [0.2, 0.25) is 0 Å². The summed E-state index contributed by atoms with van der Waals surface area (Å²) in [5, 5.41) is 14.8. The van der Waals surface area contributed by atoms with E-state index in [1.54, 1.807) is 0 Å². The van der Waals surface area contributed by atoms with Gasteiger partial charge in [0.05, 0.1) is 0 Å². The van der Waals surface area contributed by atoms with E-state index >= 15 is 0 Å². The molecule has 55 heavy (non-hydrogen) atoms. The predicted molar refractivity (Wildman–Crippen MR) is 234 cm³/mol. The molecule has 0 spiro atoms. The number of furan rings is 1. The second-order valence-electron chi connectivity index (χ2n) is 14.7. The van der Waals surface area contributed by atoms with Gasteiger partial charge >= 0.3 is 0 Å². The van der Waals surface area contributed by atoms with Gasteiger partial charge in [-0.05, 0) is 99.6 Å². The molecule has 1 heterocycles. The Balaban J connectivity index is 1.04. The molecule has 0 amide bonds. The first-order valence-electron chi connectivity index (χ1n) is 19.0. The van der Waals surface area contributed by atoms with Crippen LogP contribution in [-0.2, 0) is 0 Å². The molecular weight excluding hydrogens is 665 g/mol. The SMILES string of the molecule is c1ccc(-c2ccc3ccc4c(-c5ccc(-c6ccc(-c7cccc8ccccc78)c7oc8c9ccccc9ccc8c67)cc5)ccc5ccc2c3c54)cc1. The molecule has 12 rings (SSSR count). The third-order valence-electron chi connectivity index (χ3n) is 11.8. The van der Waals surface area contributed by atoms with Gasteiger partial charge in [-0.25, -0.2) is 0 Å². The van der Waals surface area contributed by atoms with E-state index < -0.39 is 0 Å². The smallest absolute Gasteiger partial charge is 0.143 e. The molecule has 0 fully saturated rings. The van der Waals surface area contributed by atoms with Crippen molar-refractivity contribution in [3.8, 4) is 44.5 Å². The molecule has 0 aliphatic rings.